The Labute approximate surface area is 158 Å². The number of carbonyl (C=O) groups excluding carboxylic acids is 2. The molecule has 0 aromatic rings. The third-order valence-electron chi connectivity index (χ3n) is 8.49. The van der Waals surface area contributed by atoms with E-state index in [4.69, 9.17) is 0 Å². The fourth-order valence-electron chi connectivity index (χ4n) is 7.17. The molecule has 138 valence electrons. The average molecular weight is 411 g/mol. The molecule has 4 aliphatic carbocycles. The number of ketones is 2. The molecule has 25 heavy (non-hydrogen) atoms. The van der Waals surface area contributed by atoms with E-state index in [1.165, 1.54) is 0 Å². The number of rotatable bonds is 1. The average Bonchev–Trinajstić information content (AvgIpc) is 2.87. The van der Waals surface area contributed by atoms with Crippen LogP contribution >= 0.6 is 15.9 Å². The normalized spacial score (nSPS) is 52.0. The van der Waals surface area contributed by atoms with Gasteiger partial charge >= 0.3 is 0 Å². The molecule has 0 bridgehead atoms. The van der Waals surface area contributed by atoms with Crippen molar-refractivity contribution >= 4 is 27.5 Å². The Kier molecular flexibility index (Phi) is 3.93. The molecule has 0 saturated heterocycles. The second-order valence-corrected chi connectivity index (χ2v) is 10.7. The summed E-state index contributed by atoms with van der Waals surface area (Å²) >= 11 is 3.96. The van der Waals surface area contributed by atoms with Gasteiger partial charge < -0.3 is 0 Å². The fourth-order valence-corrected chi connectivity index (χ4v) is 8.33. The first-order valence-corrected chi connectivity index (χ1v) is 10.5. The fraction of sp³-hybridized carbons (Fsp3) is 0.810. The lowest BCUT2D eigenvalue weighted by molar-refractivity contribution is -0.130. The molecule has 7 atom stereocenters. The zero-order valence-corrected chi connectivity index (χ0v) is 17.0. The number of Topliss-reactive ketones (excluding diaryl/α,β-unsaturated/α-hetero) is 1. The van der Waals surface area contributed by atoms with Crippen molar-refractivity contribution in [3.05, 3.63) is 11.6 Å². The largest absolute Gasteiger partial charge is 0.300 e. The Bertz CT molecular complexity index is 673. The summed E-state index contributed by atoms with van der Waals surface area (Å²) in [7, 11) is 0. The molecule has 0 N–H and O–H groups in total. The summed E-state index contributed by atoms with van der Waals surface area (Å²) in [5.41, 5.74) is 0.637. The van der Waals surface area contributed by atoms with Crippen LogP contribution in [0.4, 0.5) is 4.39 Å². The summed E-state index contributed by atoms with van der Waals surface area (Å²) < 4.78 is 15.3. The number of carbonyl (C=O) groups is 2. The van der Waals surface area contributed by atoms with E-state index in [1.807, 2.05) is 0 Å². The maximum absolute atomic E-state index is 15.9. The molecule has 0 spiro atoms. The summed E-state index contributed by atoms with van der Waals surface area (Å²) in [6, 6.07) is 0. The van der Waals surface area contributed by atoms with E-state index < -0.39 is 10.5 Å². The van der Waals surface area contributed by atoms with Gasteiger partial charge in [0.25, 0.3) is 0 Å². The van der Waals surface area contributed by atoms with Crippen molar-refractivity contribution in [2.24, 2.45) is 28.6 Å². The van der Waals surface area contributed by atoms with Gasteiger partial charge in [-0.1, -0.05) is 35.4 Å². The standard InChI is InChI=1S/C21H28BrFO2/c1-12(24)15-6-7-16-17-5-4-13-10-14(25)8-9-20(13,3)21(17,22)18(23)11-19(15,16)2/h10,15-18H,4-9,11H2,1-3H3/t15-,16+,17+,18+,19-,20-,21+/m0/s1. The maximum Gasteiger partial charge on any atom is 0.155 e. The Morgan fingerprint density at radius 3 is 2.60 bits per heavy atom. The molecule has 4 heteroatoms. The van der Waals surface area contributed by atoms with E-state index in [1.54, 1.807) is 13.0 Å². The lowest BCUT2D eigenvalue weighted by atomic mass is 9.46. The molecule has 4 rings (SSSR count). The van der Waals surface area contributed by atoms with Crippen LogP contribution in [0.5, 0.6) is 0 Å². The van der Waals surface area contributed by atoms with Crippen LogP contribution < -0.4 is 0 Å². The van der Waals surface area contributed by atoms with Crippen molar-refractivity contribution in [1.82, 2.24) is 0 Å². The van der Waals surface area contributed by atoms with Gasteiger partial charge in [-0.2, -0.15) is 0 Å². The van der Waals surface area contributed by atoms with Gasteiger partial charge in [-0.3, -0.25) is 9.59 Å². The van der Waals surface area contributed by atoms with E-state index >= 15 is 4.39 Å². The lowest BCUT2D eigenvalue weighted by Gasteiger charge is -2.64. The minimum absolute atomic E-state index is 0.00507. The molecule has 0 amide bonds. The Morgan fingerprint density at radius 1 is 1.20 bits per heavy atom. The summed E-state index contributed by atoms with van der Waals surface area (Å²) in [5.74, 6) is 1.05. The molecule has 0 radical (unpaired) electrons. The Balaban J connectivity index is 1.79. The number of hydrogen-bond donors (Lipinski definition) is 0. The van der Waals surface area contributed by atoms with Gasteiger partial charge in [0.05, 0.1) is 4.32 Å². The van der Waals surface area contributed by atoms with Crippen LogP contribution in [0, 0.1) is 28.6 Å². The van der Waals surface area contributed by atoms with Gasteiger partial charge in [0.15, 0.2) is 5.78 Å². The molecule has 0 unspecified atom stereocenters. The van der Waals surface area contributed by atoms with Crippen LogP contribution in [0.25, 0.3) is 0 Å². The molecular formula is C21H28BrFO2. The number of halogens is 2. The topological polar surface area (TPSA) is 34.1 Å². The predicted molar refractivity (Wildman–Crippen MR) is 99.3 cm³/mol. The zero-order valence-electron chi connectivity index (χ0n) is 15.4. The van der Waals surface area contributed by atoms with E-state index in [0.29, 0.717) is 18.8 Å². The van der Waals surface area contributed by atoms with E-state index in [2.05, 4.69) is 29.8 Å². The first-order valence-electron chi connectivity index (χ1n) is 9.72. The SMILES string of the molecule is CC(=O)[C@@H]1CC[C@@H]2[C@H]3CCC4=CC(=O)CC[C@]4(C)[C@]3(Br)[C@H](F)C[C@]21C. The molecule has 2 nitrogen and oxygen atoms in total. The van der Waals surface area contributed by atoms with Crippen LogP contribution in [-0.4, -0.2) is 22.1 Å². The van der Waals surface area contributed by atoms with Crippen LogP contribution in [0.3, 0.4) is 0 Å². The highest BCUT2D eigenvalue weighted by Crippen LogP contribution is 2.71. The maximum atomic E-state index is 15.9. The van der Waals surface area contributed by atoms with Crippen LogP contribution in [0.2, 0.25) is 0 Å². The van der Waals surface area contributed by atoms with Crippen molar-refractivity contribution in [1.29, 1.82) is 0 Å². The van der Waals surface area contributed by atoms with Crippen molar-refractivity contribution in [3.8, 4) is 0 Å². The van der Waals surface area contributed by atoms with Crippen molar-refractivity contribution < 1.29 is 14.0 Å². The highest BCUT2D eigenvalue weighted by Gasteiger charge is 2.69. The highest BCUT2D eigenvalue weighted by atomic mass is 79.9. The second kappa shape index (κ2) is 5.50. The number of alkyl halides is 2. The van der Waals surface area contributed by atoms with Crippen molar-refractivity contribution in [3.63, 3.8) is 0 Å². The first-order chi connectivity index (χ1) is 11.6. The van der Waals surface area contributed by atoms with Crippen LogP contribution in [-0.2, 0) is 9.59 Å². The van der Waals surface area contributed by atoms with Gasteiger partial charge in [-0.15, -0.1) is 0 Å². The number of allylic oxidation sites excluding steroid dienone is 1. The minimum atomic E-state index is -0.986. The monoisotopic (exact) mass is 410 g/mol. The summed E-state index contributed by atoms with van der Waals surface area (Å²) in [5, 5.41) is 0. The molecule has 0 aromatic carbocycles. The molecule has 0 aliphatic heterocycles. The molecule has 3 fully saturated rings. The second-order valence-electron chi connectivity index (χ2n) is 9.41. The van der Waals surface area contributed by atoms with Gasteiger partial charge in [-0.25, -0.2) is 4.39 Å². The van der Waals surface area contributed by atoms with E-state index in [0.717, 1.165) is 37.7 Å². The molecule has 3 saturated carbocycles. The predicted octanol–water partition coefficient (Wildman–Crippen LogP) is 5.19. The molecular weight excluding hydrogens is 383 g/mol. The first kappa shape index (κ1) is 17.9. The van der Waals surface area contributed by atoms with Gasteiger partial charge in [0.1, 0.15) is 12.0 Å². The lowest BCUT2D eigenvalue weighted by Crippen LogP contribution is -2.65. The third kappa shape index (κ3) is 2.12. The highest BCUT2D eigenvalue weighted by molar-refractivity contribution is 9.10. The summed E-state index contributed by atoms with van der Waals surface area (Å²) in [6.45, 7) is 6.00. The minimum Gasteiger partial charge on any atom is -0.300 e. The Hall–Kier alpha value is -0.510. The quantitative estimate of drug-likeness (QED) is 0.557. The smallest absolute Gasteiger partial charge is 0.155 e. The molecule has 4 aliphatic rings. The van der Waals surface area contributed by atoms with E-state index in [-0.39, 0.29) is 34.2 Å². The van der Waals surface area contributed by atoms with Crippen molar-refractivity contribution in [2.45, 2.75) is 76.2 Å². The van der Waals surface area contributed by atoms with Gasteiger partial charge in [0.2, 0.25) is 0 Å². The number of hydrogen-bond acceptors (Lipinski definition) is 2. The Morgan fingerprint density at radius 2 is 1.92 bits per heavy atom. The van der Waals surface area contributed by atoms with Crippen molar-refractivity contribution in [2.75, 3.05) is 0 Å². The molecule has 0 heterocycles. The van der Waals surface area contributed by atoms with Gasteiger partial charge in [0, 0.05) is 17.8 Å². The summed E-state index contributed by atoms with van der Waals surface area (Å²) in [6.07, 6.45) is 6.28. The zero-order chi connectivity index (χ0) is 18.2. The molecule has 0 aromatic heterocycles. The van der Waals surface area contributed by atoms with E-state index in [9.17, 15) is 9.59 Å². The van der Waals surface area contributed by atoms with Gasteiger partial charge in [-0.05, 0) is 68.8 Å². The third-order valence-corrected chi connectivity index (χ3v) is 10.4. The van der Waals surface area contributed by atoms with Crippen LogP contribution in [0.15, 0.2) is 11.6 Å². The number of fused-ring (bicyclic) bond motifs is 5. The summed E-state index contributed by atoms with van der Waals surface area (Å²) in [4.78, 5) is 24.1. The van der Waals surface area contributed by atoms with Crippen LogP contribution in [0.1, 0.15) is 65.7 Å².